The largest absolute Gasteiger partial charge is 0.497 e. The van der Waals surface area contributed by atoms with Gasteiger partial charge in [-0.3, -0.25) is 4.79 Å². The van der Waals surface area contributed by atoms with Gasteiger partial charge in [0.05, 0.1) is 18.9 Å². The maximum Gasteiger partial charge on any atom is 0.416 e. The van der Waals surface area contributed by atoms with E-state index in [4.69, 9.17) is 10.5 Å². The molecule has 0 unspecified atom stereocenters. The van der Waals surface area contributed by atoms with Crippen molar-refractivity contribution in [3.63, 3.8) is 0 Å². The second kappa shape index (κ2) is 9.01. The van der Waals surface area contributed by atoms with Gasteiger partial charge in [-0.25, -0.2) is 10.1 Å². The number of nitrogens with one attached hydrogen (secondary N) is 1. The summed E-state index contributed by atoms with van der Waals surface area (Å²) in [6, 6.07) is 11.0. The van der Waals surface area contributed by atoms with E-state index in [0.29, 0.717) is 16.9 Å². The number of hydrogen-bond donors (Lipinski definition) is 2. The highest BCUT2D eigenvalue weighted by molar-refractivity contribution is 5.99. The Balaban J connectivity index is 1.63. The number of nitrogens with two attached hydrogens (primary N) is 1. The van der Waals surface area contributed by atoms with Gasteiger partial charge in [0.2, 0.25) is 11.6 Å². The number of benzene rings is 2. The zero-order valence-corrected chi connectivity index (χ0v) is 17.3. The normalized spacial score (nSPS) is 11.6. The van der Waals surface area contributed by atoms with E-state index in [0.717, 1.165) is 12.1 Å². The van der Waals surface area contributed by atoms with Gasteiger partial charge < -0.3 is 10.5 Å². The molecule has 11 nitrogen and oxygen atoms in total. The number of alkyl halides is 3. The van der Waals surface area contributed by atoms with Crippen molar-refractivity contribution in [2.24, 2.45) is 5.10 Å². The Kier molecular flexibility index (Phi) is 5.95. The van der Waals surface area contributed by atoms with Crippen molar-refractivity contribution < 1.29 is 27.3 Å². The summed E-state index contributed by atoms with van der Waals surface area (Å²) in [4.78, 5) is 12.8. The lowest BCUT2D eigenvalue weighted by atomic mass is 10.1. The first-order valence-electron chi connectivity index (χ1n) is 9.47. The van der Waals surface area contributed by atoms with Gasteiger partial charge in [-0.15, -0.1) is 5.10 Å². The highest BCUT2D eigenvalue weighted by Gasteiger charge is 2.30. The number of carbonyl (C=O) groups is 1. The van der Waals surface area contributed by atoms with Crippen LogP contribution in [0.25, 0.3) is 17.1 Å². The van der Waals surface area contributed by atoms with Crippen LogP contribution in [-0.2, 0) is 6.18 Å². The van der Waals surface area contributed by atoms with Crippen molar-refractivity contribution in [1.82, 2.24) is 30.7 Å². The lowest BCUT2D eigenvalue weighted by Crippen LogP contribution is -2.19. The standard InChI is InChI=1S/C20H15F3N8O3/c1-33-14-4-2-3-12(9-14)16-15(26-30-31(16)18-17(24)28-34-29-18)19(32)27-25-10-11-5-7-13(8-6-11)20(21,22)23/h2-10H,1H3,(H2,24,28)(H,27,32)/b25-10+. The number of hydrazone groups is 1. The molecule has 2 aromatic heterocycles. The lowest BCUT2D eigenvalue weighted by molar-refractivity contribution is -0.137. The molecular formula is C20H15F3N8O3. The number of nitrogen functional groups attached to an aromatic ring is 1. The highest BCUT2D eigenvalue weighted by atomic mass is 19.4. The number of methoxy groups -OCH3 is 1. The predicted octanol–water partition coefficient (Wildman–Crippen LogP) is 2.69. The van der Waals surface area contributed by atoms with E-state index < -0.39 is 17.6 Å². The van der Waals surface area contributed by atoms with Crippen LogP contribution in [0.4, 0.5) is 19.0 Å². The van der Waals surface area contributed by atoms with E-state index >= 15 is 0 Å². The van der Waals surface area contributed by atoms with Crippen molar-refractivity contribution in [3.05, 3.63) is 65.4 Å². The van der Waals surface area contributed by atoms with Gasteiger partial charge in [-0.05, 0) is 40.1 Å². The number of nitrogens with zero attached hydrogens (tertiary/aromatic N) is 6. The van der Waals surface area contributed by atoms with Crippen molar-refractivity contribution in [3.8, 4) is 22.8 Å². The van der Waals surface area contributed by atoms with Crippen molar-refractivity contribution in [2.45, 2.75) is 6.18 Å². The van der Waals surface area contributed by atoms with Crippen LogP contribution in [0, 0.1) is 0 Å². The Hall–Kier alpha value is -4.75. The molecular weight excluding hydrogens is 457 g/mol. The van der Waals surface area contributed by atoms with Crippen molar-refractivity contribution >= 4 is 17.9 Å². The molecule has 2 aromatic carbocycles. The van der Waals surface area contributed by atoms with E-state index in [1.165, 1.54) is 30.1 Å². The first kappa shape index (κ1) is 22.4. The molecule has 3 N–H and O–H groups in total. The minimum atomic E-state index is -4.45. The molecule has 1 amide bonds. The number of anilines is 1. The third-order valence-corrected chi connectivity index (χ3v) is 4.54. The average molecular weight is 472 g/mol. The molecule has 0 saturated carbocycles. The zero-order valence-electron chi connectivity index (χ0n) is 17.3. The molecule has 0 fully saturated rings. The van der Waals surface area contributed by atoms with E-state index in [9.17, 15) is 18.0 Å². The molecule has 0 aliphatic heterocycles. The topological polar surface area (TPSA) is 146 Å². The number of halogens is 3. The number of carbonyl (C=O) groups excluding carboxylic acids is 1. The molecule has 4 rings (SSSR count). The van der Waals surface area contributed by atoms with Crippen LogP contribution >= 0.6 is 0 Å². The van der Waals surface area contributed by atoms with Crippen LogP contribution in [-0.4, -0.2) is 44.5 Å². The van der Waals surface area contributed by atoms with E-state index in [-0.39, 0.29) is 23.0 Å². The molecule has 0 radical (unpaired) electrons. The van der Waals surface area contributed by atoms with E-state index in [2.05, 4.69) is 35.8 Å². The Morgan fingerprint density at radius 3 is 2.62 bits per heavy atom. The van der Waals surface area contributed by atoms with Crippen LogP contribution in [0.1, 0.15) is 21.6 Å². The second-order valence-corrected chi connectivity index (χ2v) is 6.72. The van der Waals surface area contributed by atoms with Crippen LogP contribution in [0.15, 0.2) is 58.3 Å². The van der Waals surface area contributed by atoms with Gasteiger partial charge in [0, 0.05) is 5.56 Å². The summed E-state index contributed by atoms with van der Waals surface area (Å²) >= 11 is 0. The van der Waals surface area contributed by atoms with E-state index in [1.54, 1.807) is 24.3 Å². The maximum absolute atomic E-state index is 12.8. The number of aromatic nitrogens is 5. The van der Waals surface area contributed by atoms with Gasteiger partial charge in [-0.2, -0.15) is 23.0 Å². The fourth-order valence-electron chi connectivity index (χ4n) is 2.93. The predicted molar refractivity (Wildman–Crippen MR) is 112 cm³/mol. The summed E-state index contributed by atoms with van der Waals surface area (Å²) < 4.78 is 49.1. The van der Waals surface area contributed by atoms with Crippen LogP contribution in [0.3, 0.4) is 0 Å². The summed E-state index contributed by atoms with van der Waals surface area (Å²) in [5.74, 6) is -0.315. The molecule has 0 aliphatic rings. The van der Waals surface area contributed by atoms with E-state index in [1.807, 2.05) is 0 Å². The third-order valence-electron chi connectivity index (χ3n) is 4.54. The summed E-state index contributed by atoms with van der Waals surface area (Å²) in [5.41, 5.74) is 8.13. The minimum Gasteiger partial charge on any atom is -0.497 e. The molecule has 0 spiro atoms. The van der Waals surface area contributed by atoms with Crippen molar-refractivity contribution in [2.75, 3.05) is 12.8 Å². The third kappa shape index (κ3) is 4.55. The fraction of sp³-hybridized carbons (Fsp3) is 0.100. The Morgan fingerprint density at radius 1 is 1.21 bits per heavy atom. The van der Waals surface area contributed by atoms with Gasteiger partial charge in [-0.1, -0.05) is 29.5 Å². The zero-order chi connectivity index (χ0) is 24.3. The smallest absolute Gasteiger partial charge is 0.416 e. The number of rotatable bonds is 6. The summed E-state index contributed by atoms with van der Waals surface area (Å²) in [7, 11) is 1.48. The molecule has 14 heteroatoms. The first-order valence-corrected chi connectivity index (χ1v) is 9.47. The molecule has 0 atom stereocenters. The summed E-state index contributed by atoms with van der Waals surface area (Å²) in [5, 5.41) is 18.8. The molecule has 4 aromatic rings. The van der Waals surface area contributed by atoms with Gasteiger partial charge in [0.15, 0.2) is 5.69 Å². The summed E-state index contributed by atoms with van der Waals surface area (Å²) in [6.07, 6.45) is -3.26. The highest BCUT2D eigenvalue weighted by Crippen LogP contribution is 2.30. The van der Waals surface area contributed by atoms with Gasteiger partial charge in [0.25, 0.3) is 5.91 Å². The maximum atomic E-state index is 12.8. The fourth-order valence-corrected chi connectivity index (χ4v) is 2.93. The second-order valence-electron chi connectivity index (χ2n) is 6.72. The number of hydrogen-bond acceptors (Lipinski definition) is 9. The molecule has 0 aliphatic carbocycles. The molecule has 0 bridgehead atoms. The number of ether oxygens (including phenoxy) is 1. The molecule has 174 valence electrons. The van der Waals surface area contributed by atoms with Crippen LogP contribution < -0.4 is 15.9 Å². The SMILES string of the molecule is COc1cccc(-c2c(C(=O)N/N=C/c3ccc(C(F)(F)F)cc3)nnn2-c2nonc2N)c1. The van der Waals surface area contributed by atoms with Gasteiger partial charge >= 0.3 is 6.18 Å². The monoisotopic (exact) mass is 472 g/mol. The molecule has 34 heavy (non-hydrogen) atoms. The Labute approximate surface area is 189 Å². The first-order chi connectivity index (χ1) is 16.3. The number of amides is 1. The Bertz CT molecular complexity index is 1350. The molecule has 0 saturated heterocycles. The van der Waals surface area contributed by atoms with Gasteiger partial charge in [0.1, 0.15) is 11.4 Å². The Morgan fingerprint density at radius 2 is 1.97 bits per heavy atom. The minimum absolute atomic E-state index is 0.0117. The van der Waals surface area contributed by atoms with Crippen LogP contribution in [0.2, 0.25) is 0 Å². The quantitative estimate of drug-likeness (QED) is 0.322. The lowest BCUT2D eigenvalue weighted by Gasteiger charge is -2.07. The van der Waals surface area contributed by atoms with Crippen molar-refractivity contribution in [1.29, 1.82) is 0 Å². The van der Waals surface area contributed by atoms with Crippen LogP contribution in [0.5, 0.6) is 5.75 Å². The average Bonchev–Trinajstić information content (AvgIpc) is 3.44. The molecule has 2 heterocycles. The summed E-state index contributed by atoms with van der Waals surface area (Å²) in [6.45, 7) is 0.